The summed E-state index contributed by atoms with van der Waals surface area (Å²) >= 11 is 4.50. The molecule has 32 heavy (non-hydrogen) atoms. The first-order valence-electron chi connectivity index (χ1n) is 9.74. The molecule has 1 amide bonds. The number of hydrogen-bond donors (Lipinski definition) is 1. The van der Waals surface area contributed by atoms with Crippen LogP contribution in [0.3, 0.4) is 0 Å². The first-order chi connectivity index (χ1) is 15.3. The zero-order chi connectivity index (χ0) is 22.7. The van der Waals surface area contributed by atoms with Gasteiger partial charge in [0.15, 0.2) is 0 Å². The van der Waals surface area contributed by atoms with Gasteiger partial charge in [0.2, 0.25) is 11.1 Å². The summed E-state index contributed by atoms with van der Waals surface area (Å²) in [7, 11) is 0. The topological polar surface area (TPSA) is 75.9 Å². The Balaban J connectivity index is 1.47. The summed E-state index contributed by atoms with van der Waals surface area (Å²) in [6.07, 6.45) is -2.65. The first kappa shape index (κ1) is 22.6. The third-order valence-electron chi connectivity index (χ3n) is 4.89. The van der Waals surface area contributed by atoms with Gasteiger partial charge >= 0.3 is 6.18 Å². The number of benzene rings is 2. The molecule has 2 aromatic carbocycles. The number of amides is 1. The van der Waals surface area contributed by atoms with Crippen molar-refractivity contribution in [1.82, 2.24) is 20.2 Å². The standard InChI is InChI=1S/C20H18BrF3N6OS/c21-14-4-6-15(7-5-14)30-19(26-27-28-30)32-12-18(31)25-16-8-3-13(20(22,23)24)11-17(16)29-9-1-2-10-29/h3-8,11H,1-2,9-10,12H2,(H,25,31). The minimum atomic E-state index is -4.45. The summed E-state index contributed by atoms with van der Waals surface area (Å²) in [5.41, 5.74) is 0.744. The lowest BCUT2D eigenvalue weighted by atomic mass is 10.1. The van der Waals surface area contributed by atoms with Crippen molar-refractivity contribution in [2.75, 3.05) is 29.1 Å². The van der Waals surface area contributed by atoms with E-state index in [-0.39, 0.29) is 11.7 Å². The Bertz CT molecular complexity index is 1100. The third-order valence-corrected chi connectivity index (χ3v) is 6.34. The van der Waals surface area contributed by atoms with Crippen LogP contribution in [0.1, 0.15) is 18.4 Å². The molecule has 7 nitrogen and oxygen atoms in total. The van der Waals surface area contributed by atoms with Crippen molar-refractivity contribution in [3.8, 4) is 5.69 Å². The molecule has 3 aromatic rings. The van der Waals surface area contributed by atoms with Crippen molar-refractivity contribution < 1.29 is 18.0 Å². The van der Waals surface area contributed by atoms with E-state index in [1.165, 1.54) is 10.7 Å². The van der Waals surface area contributed by atoms with E-state index in [2.05, 4.69) is 36.8 Å². The van der Waals surface area contributed by atoms with Crippen LogP contribution < -0.4 is 10.2 Å². The molecule has 168 valence electrons. The number of nitrogens with one attached hydrogen (secondary N) is 1. The van der Waals surface area contributed by atoms with Crippen molar-refractivity contribution in [3.05, 3.63) is 52.5 Å². The van der Waals surface area contributed by atoms with Gasteiger partial charge < -0.3 is 10.2 Å². The molecule has 1 aromatic heterocycles. The van der Waals surface area contributed by atoms with Crippen LogP contribution in [-0.4, -0.2) is 45.0 Å². The molecule has 0 spiro atoms. The highest BCUT2D eigenvalue weighted by Crippen LogP contribution is 2.37. The molecule has 1 N–H and O–H groups in total. The molecule has 1 aliphatic heterocycles. The summed E-state index contributed by atoms with van der Waals surface area (Å²) in [5, 5.41) is 14.7. The Morgan fingerprint density at radius 2 is 1.84 bits per heavy atom. The quantitative estimate of drug-likeness (QED) is 0.466. The molecule has 2 heterocycles. The first-order valence-corrected chi connectivity index (χ1v) is 11.5. The molecule has 1 aliphatic rings. The predicted molar refractivity (Wildman–Crippen MR) is 119 cm³/mol. The van der Waals surface area contributed by atoms with E-state index in [0.29, 0.717) is 29.6 Å². The molecule has 4 rings (SSSR count). The highest BCUT2D eigenvalue weighted by Gasteiger charge is 2.32. The van der Waals surface area contributed by atoms with E-state index >= 15 is 0 Å². The molecule has 1 saturated heterocycles. The van der Waals surface area contributed by atoms with Crippen LogP contribution in [0.25, 0.3) is 5.69 Å². The zero-order valence-electron chi connectivity index (χ0n) is 16.6. The van der Waals surface area contributed by atoms with E-state index < -0.39 is 11.7 Å². The summed E-state index contributed by atoms with van der Waals surface area (Å²) in [4.78, 5) is 14.5. The fraction of sp³-hybridized carbons (Fsp3) is 0.300. The Morgan fingerprint density at radius 1 is 1.12 bits per heavy atom. The number of carbonyl (C=O) groups is 1. The molecule has 0 unspecified atom stereocenters. The number of halogens is 4. The Hall–Kier alpha value is -2.60. The van der Waals surface area contributed by atoms with Crippen molar-refractivity contribution in [2.24, 2.45) is 0 Å². The van der Waals surface area contributed by atoms with Crippen LogP contribution in [0.4, 0.5) is 24.5 Å². The summed E-state index contributed by atoms with van der Waals surface area (Å²) < 4.78 is 42.0. The lowest BCUT2D eigenvalue weighted by Gasteiger charge is -2.23. The van der Waals surface area contributed by atoms with Crippen molar-refractivity contribution in [1.29, 1.82) is 0 Å². The van der Waals surface area contributed by atoms with Gasteiger partial charge in [0, 0.05) is 17.6 Å². The second-order valence-corrected chi connectivity index (χ2v) is 8.97. The normalized spacial score (nSPS) is 14.1. The smallest absolute Gasteiger partial charge is 0.370 e. The predicted octanol–water partition coefficient (Wildman–Crippen LogP) is 4.77. The number of aromatic nitrogens is 4. The van der Waals surface area contributed by atoms with Crippen molar-refractivity contribution in [3.63, 3.8) is 0 Å². The lowest BCUT2D eigenvalue weighted by molar-refractivity contribution is -0.137. The largest absolute Gasteiger partial charge is 0.416 e. The van der Waals surface area contributed by atoms with E-state index in [0.717, 1.165) is 46.9 Å². The second kappa shape index (κ2) is 9.49. The minimum absolute atomic E-state index is 0.00262. The average Bonchev–Trinajstić information content (AvgIpc) is 3.44. The van der Waals surface area contributed by atoms with Gasteiger partial charge in [0.25, 0.3) is 0 Å². The fourth-order valence-electron chi connectivity index (χ4n) is 3.36. The van der Waals surface area contributed by atoms with Gasteiger partial charge in [-0.2, -0.15) is 17.9 Å². The highest BCUT2D eigenvalue weighted by molar-refractivity contribution is 9.10. The molecule has 0 saturated carbocycles. The Morgan fingerprint density at radius 3 is 2.53 bits per heavy atom. The summed E-state index contributed by atoms with van der Waals surface area (Å²) in [6.45, 7) is 1.31. The van der Waals surface area contributed by atoms with Crippen LogP contribution in [0.15, 0.2) is 52.1 Å². The summed E-state index contributed by atoms with van der Waals surface area (Å²) in [6, 6.07) is 10.7. The molecule has 0 aliphatic carbocycles. The van der Waals surface area contributed by atoms with Gasteiger partial charge in [-0.3, -0.25) is 4.79 Å². The maximum Gasteiger partial charge on any atom is 0.416 e. The molecule has 12 heteroatoms. The number of tetrazole rings is 1. The zero-order valence-corrected chi connectivity index (χ0v) is 19.0. The number of carbonyl (C=O) groups excluding carboxylic acids is 1. The van der Waals surface area contributed by atoms with E-state index in [4.69, 9.17) is 0 Å². The number of nitrogens with zero attached hydrogens (tertiary/aromatic N) is 5. The number of rotatable bonds is 6. The maximum atomic E-state index is 13.2. The molecule has 0 bridgehead atoms. The van der Waals surface area contributed by atoms with Gasteiger partial charge in [0.05, 0.1) is 28.4 Å². The molecular weight excluding hydrogens is 509 g/mol. The lowest BCUT2D eigenvalue weighted by Crippen LogP contribution is -2.22. The molecule has 0 atom stereocenters. The monoisotopic (exact) mass is 526 g/mol. The van der Waals surface area contributed by atoms with Gasteiger partial charge in [-0.25, -0.2) is 0 Å². The van der Waals surface area contributed by atoms with Gasteiger partial charge in [-0.15, -0.1) is 5.10 Å². The van der Waals surface area contributed by atoms with Crippen LogP contribution in [0.5, 0.6) is 0 Å². The van der Waals surface area contributed by atoms with Crippen molar-refractivity contribution >= 4 is 45.0 Å². The van der Waals surface area contributed by atoms with Gasteiger partial charge in [0.1, 0.15) is 0 Å². The Labute approximate surface area is 194 Å². The van der Waals surface area contributed by atoms with E-state index in [1.54, 1.807) is 0 Å². The number of alkyl halides is 3. The summed E-state index contributed by atoms with van der Waals surface area (Å²) in [5.74, 6) is -0.363. The van der Waals surface area contributed by atoms with Crippen LogP contribution in [-0.2, 0) is 11.0 Å². The average molecular weight is 527 g/mol. The number of thioether (sulfide) groups is 1. The second-order valence-electron chi connectivity index (χ2n) is 7.11. The van der Waals surface area contributed by atoms with Gasteiger partial charge in [-0.1, -0.05) is 27.7 Å². The molecular formula is C20H18BrF3N6OS. The van der Waals surface area contributed by atoms with Crippen LogP contribution in [0, 0.1) is 0 Å². The van der Waals surface area contributed by atoms with Crippen molar-refractivity contribution in [2.45, 2.75) is 24.2 Å². The van der Waals surface area contributed by atoms with E-state index in [9.17, 15) is 18.0 Å². The van der Waals surface area contributed by atoms with Crippen LogP contribution >= 0.6 is 27.7 Å². The maximum absolute atomic E-state index is 13.2. The third kappa shape index (κ3) is 5.23. The number of anilines is 2. The molecule has 0 radical (unpaired) electrons. The van der Waals surface area contributed by atoms with E-state index in [1.807, 2.05) is 29.2 Å². The van der Waals surface area contributed by atoms with Crippen LogP contribution in [0.2, 0.25) is 0 Å². The minimum Gasteiger partial charge on any atom is -0.370 e. The number of hydrogen-bond acceptors (Lipinski definition) is 6. The molecule has 1 fully saturated rings. The Kier molecular flexibility index (Phi) is 6.70. The van der Waals surface area contributed by atoms with Gasteiger partial charge in [-0.05, 0) is 65.7 Å². The fourth-order valence-corrected chi connectivity index (χ4v) is 4.32. The SMILES string of the molecule is O=C(CSc1nnnn1-c1ccc(Br)cc1)Nc1ccc(C(F)(F)F)cc1N1CCCC1. The highest BCUT2D eigenvalue weighted by atomic mass is 79.9.